The topological polar surface area (TPSA) is 82.0 Å². The van der Waals surface area contributed by atoms with E-state index < -0.39 is 5.91 Å². The van der Waals surface area contributed by atoms with Gasteiger partial charge in [0.05, 0.1) is 5.57 Å². The van der Waals surface area contributed by atoms with Crippen molar-refractivity contribution >= 4 is 51.4 Å². The van der Waals surface area contributed by atoms with Crippen LogP contribution in [0.2, 0.25) is 5.02 Å². The van der Waals surface area contributed by atoms with Crippen LogP contribution in [0.1, 0.15) is 31.1 Å². The summed E-state index contributed by atoms with van der Waals surface area (Å²) in [4.78, 5) is 16.5. The van der Waals surface area contributed by atoms with Gasteiger partial charge in [0.2, 0.25) is 5.17 Å². The van der Waals surface area contributed by atoms with Crippen molar-refractivity contribution in [2.45, 2.75) is 26.7 Å². The van der Waals surface area contributed by atoms with Gasteiger partial charge in [0, 0.05) is 10.6 Å². The lowest BCUT2D eigenvalue weighted by atomic mass is 10.1. The number of hydrazone groups is 1. The molecule has 28 heavy (non-hydrogen) atoms. The first kappa shape index (κ1) is 18.7. The molecular formula is C20H17ClN4O2S. The molecule has 0 saturated carbocycles. The molecule has 0 fully saturated rings. The van der Waals surface area contributed by atoms with Crippen molar-refractivity contribution in [1.82, 2.24) is 5.01 Å². The molecule has 8 heteroatoms. The summed E-state index contributed by atoms with van der Waals surface area (Å²) >= 11 is 7.53. The number of aliphatic imine (C=N–C) groups is 1. The van der Waals surface area contributed by atoms with Gasteiger partial charge in [0.1, 0.15) is 16.6 Å². The Morgan fingerprint density at radius 3 is 2.89 bits per heavy atom. The van der Waals surface area contributed by atoms with Crippen molar-refractivity contribution in [2.24, 2.45) is 10.1 Å². The summed E-state index contributed by atoms with van der Waals surface area (Å²) in [7, 11) is 0. The predicted octanol–water partition coefficient (Wildman–Crippen LogP) is 5.33. The van der Waals surface area contributed by atoms with E-state index in [2.05, 4.69) is 17.0 Å². The molecule has 0 bridgehead atoms. The summed E-state index contributed by atoms with van der Waals surface area (Å²) in [6.07, 6.45) is 3.26. The quantitative estimate of drug-likeness (QED) is 0.688. The lowest BCUT2D eigenvalue weighted by Gasteiger charge is -2.19. The van der Waals surface area contributed by atoms with Crippen molar-refractivity contribution in [2.75, 3.05) is 0 Å². The molecule has 0 atom stereocenters. The van der Waals surface area contributed by atoms with Gasteiger partial charge in [0.15, 0.2) is 5.84 Å². The highest BCUT2D eigenvalue weighted by Gasteiger charge is 2.35. The van der Waals surface area contributed by atoms with Crippen molar-refractivity contribution < 1.29 is 9.21 Å². The average molecular weight is 413 g/mol. The third-order valence-electron chi connectivity index (χ3n) is 4.33. The van der Waals surface area contributed by atoms with E-state index >= 15 is 0 Å². The minimum Gasteiger partial charge on any atom is -0.457 e. The van der Waals surface area contributed by atoms with Gasteiger partial charge in [-0.3, -0.25) is 10.2 Å². The zero-order chi connectivity index (χ0) is 19.8. The third-order valence-corrected chi connectivity index (χ3v) is 5.71. The molecule has 1 amide bonds. The number of thioether (sulfide) groups is 1. The maximum Gasteiger partial charge on any atom is 0.283 e. The summed E-state index contributed by atoms with van der Waals surface area (Å²) in [6, 6.07) is 9.24. The van der Waals surface area contributed by atoms with Crippen LogP contribution in [0.25, 0.3) is 17.4 Å². The number of halogens is 1. The van der Waals surface area contributed by atoms with Crippen LogP contribution in [0, 0.1) is 12.3 Å². The number of amides is 1. The number of amidine groups is 2. The Hall–Kier alpha value is -2.64. The molecule has 0 aliphatic carbocycles. The number of aryl methyl sites for hydroxylation is 1. The second kappa shape index (κ2) is 7.41. The second-order valence-electron chi connectivity index (χ2n) is 6.43. The van der Waals surface area contributed by atoms with E-state index in [1.54, 1.807) is 6.07 Å². The van der Waals surface area contributed by atoms with Crippen LogP contribution < -0.4 is 0 Å². The molecule has 0 unspecified atom stereocenters. The van der Waals surface area contributed by atoms with Crippen LogP contribution in [-0.2, 0) is 4.79 Å². The monoisotopic (exact) mass is 412 g/mol. The molecular weight excluding hydrogens is 396 g/mol. The predicted molar refractivity (Wildman–Crippen MR) is 114 cm³/mol. The normalized spacial score (nSPS) is 17.8. The molecule has 0 spiro atoms. The number of nitrogens with zero attached hydrogens (tertiary/aromatic N) is 3. The third kappa shape index (κ3) is 3.43. The van der Waals surface area contributed by atoms with Crippen LogP contribution in [-0.4, -0.2) is 27.0 Å². The maximum atomic E-state index is 12.4. The highest BCUT2D eigenvalue weighted by molar-refractivity contribution is 8.26. The molecule has 1 aromatic heterocycles. The summed E-state index contributed by atoms with van der Waals surface area (Å²) in [5, 5.41) is 16.1. The number of carbonyl (C=O) groups is 1. The Morgan fingerprint density at radius 2 is 2.14 bits per heavy atom. The largest absolute Gasteiger partial charge is 0.457 e. The Labute approximate surface area is 171 Å². The summed E-state index contributed by atoms with van der Waals surface area (Å²) in [6.45, 7) is 3.99. The Morgan fingerprint density at radius 1 is 1.32 bits per heavy atom. The molecule has 2 aromatic rings. The number of hydrogen-bond acceptors (Lipinski definition) is 5. The number of benzene rings is 1. The van der Waals surface area contributed by atoms with Gasteiger partial charge in [0.25, 0.3) is 5.91 Å². The number of carbonyl (C=O) groups excluding carboxylic acids is 1. The fraction of sp³-hybridized carbons (Fsp3) is 0.200. The van der Waals surface area contributed by atoms with Gasteiger partial charge in [-0.15, -0.1) is 0 Å². The maximum absolute atomic E-state index is 12.4. The van der Waals surface area contributed by atoms with Crippen LogP contribution in [0.4, 0.5) is 0 Å². The Kier molecular flexibility index (Phi) is 4.95. The second-order valence-corrected chi connectivity index (χ2v) is 7.88. The lowest BCUT2D eigenvalue weighted by molar-refractivity contribution is -0.114. The number of furan rings is 1. The van der Waals surface area contributed by atoms with E-state index in [-0.39, 0.29) is 11.4 Å². The van der Waals surface area contributed by atoms with Crippen molar-refractivity contribution in [3.8, 4) is 11.3 Å². The van der Waals surface area contributed by atoms with Crippen LogP contribution >= 0.6 is 23.4 Å². The van der Waals surface area contributed by atoms with E-state index in [0.29, 0.717) is 21.7 Å². The minimum absolute atomic E-state index is 0.00457. The molecule has 0 saturated heterocycles. The van der Waals surface area contributed by atoms with Gasteiger partial charge in [-0.1, -0.05) is 30.7 Å². The highest BCUT2D eigenvalue weighted by atomic mass is 35.5. The fourth-order valence-corrected chi connectivity index (χ4v) is 3.99. The smallest absolute Gasteiger partial charge is 0.283 e. The summed E-state index contributed by atoms with van der Waals surface area (Å²) < 4.78 is 5.84. The van der Waals surface area contributed by atoms with E-state index in [0.717, 1.165) is 29.0 Å². The van der Waals surface area contributed by atoms with E-state index in [4.69, 9.17) is 21.4 Å². The average Bonchev–Trinajstić information content (AvgIpc) is 3.28. The van der Waals surface area contributed by atoms with Crippen molar-refractivity contribution in [3.63, 3.8) is 0 Å². The van der Waals surface area contributed by atoms with Gasteiger partial charge < -0.3 is 4.42 Å². The fourth-order valence-electron chi connectivity index (χ4n) is 2.82. The van der Waals surface area contributed by atoms with E-state index in [9.17, 15) is 4.79 Å². The van der Waals surface area contributed by atoms with Crippen molar-refractivity contribution in [3.05, 3.63) is 52.3 Å². The Bertz CT molecular complexity index is 1080. The number of fused-ring (bicyclic) bond motifs is 1. The molecule has 6 nitrogen and oxygen atoms in total. The van der Waals surface area contributed by atoms with Gasteiger partial charge in [-0.25, -0.2) is 0 Å². The van der Waals surface area contributed by atoms with Gasteiger partial charge >= 0.3 is 0 Å². The molecule has 2 aliphatic rings. The van der Waals surface area contributed by atoms with E-state index in [1.807, 2.05) is 31.2 Å². The SMILES string of the molecule is CCCC1=NN2C(=N)/C(=C/c3ccc(-c4ccc(C)c(Cl)c4)o3)C(=O)N=C2S1. The van der Waals surface area contributed by atoms with Crippen LogP contribution in [0.3, 0.4) is 0 Å². The Balaban J connectivity index is 1.63. The molecule has 1 N–H and O–H groups in total. The van der Waals surface area contributed by atoms with Crippen molar-refractivity contribution in [1.29, 1.82) is 5.41 Å². The van der Waals surface area contributed by atoms with Gasteiger partial charge in [-0.05, 0) is 61.4 Å². The number of hydrogen-bond donors (Lipinski definition) is 1. The highest BCUT2D eigenvalue weighted by Crippen LogP contribution is 2.31. The van der Waals surface area contributed by atoms with Crippen LogP contribution in [0.5, 0.6) is 0 Å². The first-order valence-corrected chi connectivity index (χ1v) is 10.0. The zero-order valence-electron chi connectivity index (χ0n) is 15.3. The molecule has 3 heterocycles. The molecule has 1 aromatic carbocycles. The zero-order valence-corrected chi connectivity index (χ0v) is 16.9. The number of nitrogens with one attached hydrogen (secondary N) is 1. The molecule has 0 radical (unpaired) electrons. The lowest BCUT2D eigenvalue weighted by Crippen LogP contribution is -2.35. The first-order valence-electron chi connectivity index (χ1n) is 8.81. The molecule has 2 aliphatic heterocycles. The van der Waals surface area contributed by atoms with E-state index in [1.165, 1.54) is 22.8 Å². The van der Waals surface area contributed by atoms with Crippen LogP contribution in [0.15, 0.2) is 50.4 Å². The molecule has 142 valence electrons. The summed E-state index contributed by atoms with van der Waals surface area (Å²) in [5.74, 6) is 0.633. The molecule has 4 rings (SSSR count). The standard InChI is InChI=1S/C20H17ClN4O2S/c1-3-4-17-24-25-18(22)14(19(26)23-20(25)28-17)10-13-7-8-16(27-13)12-6-5-11(2)15(21)9-12/h5-10,22H,3-4H2,1-2H3/b14-10-,22-18?. The first-order chi connectivity index (χ1) is 13.5. The number of rotatable bonds is 4. The minimum atomic E-state index is -0.465. The van der Waals surface area contributed by atoms with Gasteiger partial charge in [-0.2, -0.15) is 15.1 Å². The summed E-state index contributed by atoms with van der Waals surface area (Å²) in [5.41, 5.74) is 1.98.